The van der Waals surface area contributed by atoms with Crippen LogP contribution in [-0.4, -0.2) is 16.0 Å². The highest BCUT2D eigenvalue weighted by atomic mass is 35.5. The Bertz CT molecular complexity index is 849. The first kappa shape index (κ1) is 15.5. The number of nitrogens with zero attached hydrogens (tertiary/aromatic N) is 2. The molecule has 3 aromatic rings. The van der Waals surface area contributed by atoms with Crippen molar-refractivity contribution >= 4 is 29.1 Å². The largest absolute Gasteiger partial charge is 0.343 e. The molecule has 0 aliphatic carbocycles. The fourth-order valence-corrected chi connectivity index (χ4v) is 2.34. The summed E-state index contributed by atoms with van der Waals surface area (Å²) in [4.78, 5) is 16.2. The molecule has 0 bridgehead atoms. The van der Waals surface area contributed by atoms with Crippen molar-refractivity contribution in [2.24, 2.45) is 0 Å². The Labute approximate surface area is 142 Å². The van der Waals surface area contributed by atoms with Crippen LogP contribution in [0.2, 0.25) is 10.0 Å². The molecule has 0 spiro atoms. The van der Waals surface area contributed by atoms with E-state index in [-0.39, 0.29) is 12.5 Å². The topological polar surface area (TPSA) is 68.0 Å². The van der Waals surface area contributed by atoms with Crippen LogP contribution in [0.25, 0.3) is 11.4 Å². The highest BCUT2D eigenvalue weighted by molar-refractivity contribution is 6.31. The molecule has 116 valence electrons. The third-order valence-electron chi connectivity index (χ3n) is 3.04. The summed E-state index contributed by atoms with van der Waals surface area (Å²) in [5.41, 5.74) is 1.21. The molecule has 0 aliphatic heterocycles. The molecule has 0 aliphatic rings. The van der Waals surface area contributed by atoms with E-state index in [0.717, 1.165) is 5.56 Å². The van der Waals surface area contributed by atoms with Crippen molar-refractivity contribution in [1.29, 1.82) is 0 Å². The van der Waals surface area contributed by atoms with Crippen molar-refractivity contribution in [3.63, 3.8) is 0 Å². The highest BCUT2D eigenvalue weighted by Gasteiger charge is 2.11. The summed E-state index contributed by atoms with van der Waals surface area (Å²) in [5, 5.41) is 7.66. The van der Waals surface area contributed by atoms with Crippen LogP contribution in [0.4, 0.5) is 0 Å². The van der Waals surface area contributed by atoms with Gasteiger partial charge in [-0.3, -0.25) is 4.79 Å². The lowest BCUT2D eigenvalue weighted by atomic mass is 10.2. The molecular weight excluding hydrogens is 337 g/mol. The lowest BCUT2D eigenvalue weighted by molar-refractivity contribution is 0.0946. The number of carbonyl (C=O) groups is 1. The predicted molar refractivity (Wildman–Crippen MR) is 87.4 cm³/mol. The molecule has 0 unspecified atom stereocenters. The van der Waals surface area contributed by atoms with Crippen molar-refractivity contribution in [3.8, 4) is 11.4 Å². The van der Waals surface area contributed by atoms with Gasteiger partial charge in [0.05, 0.1) is 6.54 Å². The molecule has 7 heteroatoms. The van der Waals surface area contributed by atoms with Crippen molar-refractivity contribution in [3.05, 3.63) is 70.0 Å². The minimum atomic E-state index is -0.269. The number of carbonyl (C=O) groups excluding carboxylic acids is 1. The zero-order valence-electron chi connectivity index (χ0n) is 11.8. The van der Waals surface area contributed by atoms with Crippen LogP contribution in [-0.2, 0) is 6.54 Å². The molecule has 0 fully saturated rings. The Balaban J connectivity index is 1.67. The van der Waals surface area contributed by atoms with E-state index in [1.165, 1.54) is 0 Å². The van der Waals surface area contributed by atoms with Crippen LogP contribution >= 0.6 is 23.2 Å². The van der Waals surface area contributed by atoms with Crippen molar-refractivity contribution in [1.82, 2.24) is 15.5 Å². The second kappa shape index (κ2) is 6.81. The Morgan fingerprint density at radius 2 is 1.83 bits per heavy atom. The van der Waals surface area contributed by atoms with E-state index in [4.69, 9.17) is 27.7 Å². The van der Waals surface area contributed by atoms with Gasteiger partial charge >= 0.3 is 0 Å². The van der Waals surface area contributed by atoms with Gasteiger partial charge in [-0.1, -0.05) is 46.6 Å². The zero-order chi connectivity index (χ0) is 16.2. The van der Waals surface area contributed by atoms with Crippen LogP contribution in [0.15, 0.2) is 53.1 Å². The second-order valence-corrected chi connectivity index (χ2v) is 5.59. The van der Waals surface area contributed by atoms with Gasteiger partial charge in [0.2, 0.25) is 11.7 Å². The number of benzene rings is 2. The molecule has 1 aromatic heterocycles. The van der Waals surface area contributed by atoms with E-state index in [1.807, 2.05) is 6.07 Å². The summed E-state index contributed by atoms with van der Waals surface area (Å²) < 4.78 is 5.12. The van der Waals surface area contributed by atoms with Crippen LogP contribution in [0, 0.1) is 0 Å². The monoisotopic (exact) mass is 347 g/mol. The highest BCUT2D eigenvalue weighted by Crippen LogP contribution is 2.19. The van der Waals surface area contributed by atoms with Gasteiger partial charge in [-0.15, -0.1) is 0 Å². The number of amides is 1. The van der Waals surface area contributed by atoms with Crippen LogP contribution in [0.5, 0.6) is 0 Å². The number of rotatable bonds is 4. The summed E-state index contributed by atoms with van der Waals surface area (Å²) in [6.07, 6.45) is 0. The minimum Gasteiger partial charge on any atom is -0.343 e. The first-order valence-electron chi connectivity index (χ1n) is 6.74. The summed E-state index contributed by atoms with van der Waals surface area (Å²) in [7, 11) is 0. The van der Waals surface area contributed by atoms with E-state index < -0.39 is 0 Å². The lowest BCUT2D eigenvalue weighted by Gasteiger charge is -2.02. The van der Waals surface area contributed by atoms with E-state index >= 15 is 0 Å². The molecular formula is C16H11Cl2N3O2. The van der Waals surface area contributed by atoms with E-state index in [1.54, 1.807) is 42.5 Å². The molecule has 0 atom stereocenters. The maximum Gasteiger partial charge on any atom is 0.251 e. The Kier molecular flexibility index (Phi) is 4.60. The third-order valence-corrected chi connectivity index (χ3v) is 3.51. The molecule has 3 rings (SSSR count). The van der Waals surface area contributed by atoms with E-state index in [0.29, 0.717) is 27.3 Å². The molecule has 1 heterocycles. The molecule has 0 saturated heterocycles. The fourth-order valence-electron chi connectivity index (χ4n) is 1.96. The van der Waals surface area contributed by atoms with E-state index in [2.05, 4.69) is 15.5 Å². The smallest absolute Gasteiger partial charge is 0.251 e. The van der Waals surface area contributed by atoms with E-state index in [9.17, 15) is 4.79 Å². The quantitative estimate of drug-likeness (QED) is 0.775. The normalized spacial score (nSPS) is 10.5. The van der Waals surface area contributed by atoms with Gasteiger partial charge in [0.15, 0.2) is 0 Å². The zero-order valence-corrected chi connectivity index (χ0v) is 13.3. The minimum absolute atomic E-state index is 0.124. The fraction of sp³-hybridized carbons (Fsp3) is 0.0625. The van der Waals surface area contributed by atoms with Gasteiger partial charge in [0.1, 0.15) is 0 Å². The van der Waals surface area contributed by atoms with Gasteiger partial charge in [0.25, 0.3) is 5.91 Å². The second-order valence-electron chi connectivity index (χ2n) is 4.72. The molecule has 5 nitrogen and oxygen atoms in total. The average molecular weight is 348 g/mol. The molecule has 2 aromatic carbocycles. The Hall–Kier alpha value is -2.37. The maximum absolute atomic E-state index is 12.0. The van der Waals surface area contributed by atoms with Gasteiger partial charge in [-0.05, 0) is 30.3 Å². The number of nitrogens with one attached hydrogen (secondary N) is 1. The SMILES string of the molecule is O=C(NCc1nc(-c2cccc(Cl)c2)no1)c1cccc(Cl)c1. The summed E-state index contributed by atoms with van der Waals surface area (Å²) in [5.74, 6) is 0.449. The number of aromatic nitrogens is 2. The van der Waals surface area contributed by atoms with Crippen LogP contribution in [0.3, 0.4) is 0 Å². The van der Waals surface area contributed by atoms with Crippen molar-refractivity contribution < 1.29 is 9.32 Å². The standard InChI is InChI=1S/C16H11Cl2N3O2/c17-12-5-1-3-10(7-12)15-20-14(23-21-15)9-19-16(22)11-4-2-6-13(18)8-11/h1-8H,9H2,(H,19,22). The molecule has 1 N–H and O–H groups in total. The Morgan fingerprint density at radius 1 is 1.09 bits per heavy atom. The van der Waals surface area contributed by atoms with Crippen molar-refractivity contribution in [2.75, 3.05) is 0 Å². The molecule has 1 amide bonds. The number of halogens is 2. The Morgan fingerprint density at radius 3 is 2.57 bits per heavy atom. The summed E-state index contributed by atoms with van der Waals surface area (Å²) in [6.45, 7) is 0.124. The number of hydrogen-bond donors (Lipinski definition) is 1. The molecule has 23 heavy (non-hydrogen) atoms. The molecule has 0 saturated carbocycles. The maximum atomic E-state index is 12.0. The van der Waals surface area contributed by atoms with Crippen molar-refractivity contribution in [2.45, 2.75) is 6.54 Å². The predicted octanol–water partition coefficient (Wildman–Crippen LogP) is 3.97. The first-order chi connectivity index (χ1) is 11.1. The first-order valence-corrected chi connectivity index (χ1v) is 7.50. The number of hydrogen-bond acceptors (Lipinski definition) is 4. The third kappa shape index (κ3) is 3.88. The lowest BCUT2D eigenvalue weighted by Crippen LogP contribution is -2.22. The molecule has 0 radical (unpaired) electrons. The van der Waals surface area contributed by atoms with Gasteiger partial charge in [-0.25, -0.2) is 0 Å². The van der Waals surface area contributed by atoms with Gasteiger partial charge in [-0.2, -0.15) is 4.98 Å². The van der Waals surface area contributed by atoms with Gasteiger partial charge in [0, 0.05) is 21.2 Å². The van der Waals surface area contributed by atoms with Crippen LogP contribution < -0.4 is 5.32 Å². The van der Waals surface area contributed by atoms with Gasteiger partial charge < -0.3 is 9.84 Å². The summed E-state index contributed by atoms with van der Waals surface area (Å²) in [6, 6.07) is 13.8. The van der Waals surface area contributed by atoms with Crippen LogP contribution in [0.1, 0.15) is 16.2 Å². The summed E-state index contributed by atoms with van der Waals surface area (Å²) >= 11 is 11.8. The average Bonchev–Trinajstić information content (AvgIpc) is 3.01.